The maximum absolute atomic E-state index is 13.2. The molecule has 0 N–H and O–H groups in total. The number of aromatic nitrogens is 3. The zero-order valence-corrected chi connectivity index (χ0v) is 18.1. The monoisotopic (exact) mass is 403 g/mol. The van der Waals surface area contributed by atoms with E-state index < -0.39 is 0 Å². The number of nitrogens with zero attached hydrogens (tertiary/aromatic N) is 3. The summed E-state index contributed by atoms with van der Waals surface area (Å²) in [6.45, 7) is 2.99. The van der Waals surface area contributed by atoms with E-state index in [2.05, 4.69) is 17.4 Å². The molecule has 4 aromatic rings. The summed E-state index contributed by atoms with van der Waals surface area (Å²) in [6.07, 6.45) is 12.9. The molecule has 0 aliphatic rings. The molecule has 4 rings (SSSR count). The van der Waals surface area contributed by atoms with Crippen LogP contribution < -0.4 is 5.56 Å². The summed E-state index contributed by atoms with van der Waals surface area (Å²) in [5, 5.41) is 0.764. The molecule has 4 heteroatoms. The molecular weight excluding hydrogens is 370 g/mol. The van der Waals surface area contributed by atoms with Crippen molar-refractivity contribution in [3.63, 3.8) is 0 Å². The number of unbranched alkanes of at least 4 members (excludes halogenated alkanes) is 9. The third kappa shape index (κ3) is 4.28. The molecule has 0 spiro atoms. The van der Waals surface area contributed by atoms with E-state index in [1.165, 1.54) is 57.8 Å². The number of fused-ring (bicyclic) bond motifs is 5. The van der Waals surface area contributed by atoms with E-state index in [4.69, 9.17) is 4.98 Å². The minimum absolute atomic E-state index is 0.0735. The van der Waals surface area contributed by atoms with Crippen molar-refractivity contribution in [2.45, 2.75) is 77.7 Å². The number of imidazole rings is 1. The Bertz CT molecular complexity index is 1170. The van der Waals surface area contributed by atoms with Gasteiger partial charge in [-0.25, -0.2) is 4.98 Å². The highest BCUT2D eigenvalue weighted by atomic mass is 16.1. The summed E-state index contributed by atoms with van der Waals surface area (Å²) in [7, 11) is 0. The van der Waals surface area contributed by atoms with Crippen molar-refractivity contribution in [1.29, 1.82) is 0 Å². The average molecular weight is 404 g/mol. The van der Waals surface area contributed by atoms with Crippen molar-refractivity contribution >= 4 is 27.7 Å². The van der Waals surface area contributed by atoms with Crippen LogP contribution in [0, 0.1) is 0 Å². The van der Waals surface area contributed by atoms with Crippen LogP contribution in [0.4, 0.5) is 0 Å². The number of aryl methyl sites for hydroxylation is 1. The molecule has 0 bridgehead atoms. The van der Waals surface area contributed by atoms with Gasteiger partial charge in [0.05, 0.1) is 21.9 Å². The van der Waals surface area contributed by atoms with E-state index in [0.29, 0.717) is 0 Å². The SMILES string of the molecule is CCCCCCCCCCCCn1c(=O)c2ccccc2n2c3ccccc3nc12. The average Bonchev–Trinajstić information content (AvgIpc) is 3.16. The van der Waals surface area contributed by atoms with Crippen LogP contribution in [0.3, 0.4) is 0 Å². The first-order chi connectivity index (χ1) is 14.8. The summed E-state index contributed by atoms with van der Waals surface area (Å²) >= 11 is 0. The lowest BCUT2D eigenvalue weighted by Gasteiger charge is -2.11. The molecule has 0 radical (unpaired) electrons. The van der Waals surface area contributed by atoms with E-state index in [1.807, 2.05) is 47.0 Å². The summed E-state index contributed by atoms with van der Waals surface area (Å²) in [5.41, 5.74) is 3.00. The molecule has 0 saturated heterocycles. The van der Waals surface area contributed by atoms with Crippen LogP contribution >= 0.6 is 0 Å². The van der Waals surface area contributed by atoms with Gasteiger partial charge in [0.1, 0.15) is 0 Å². The van der Waals surface area contributed by atoms with Gasteiger partial charge in [-0.05, 0) is 30.7 Å². The van der Waals surface area contributed by atoms with E-state index in [-0.39, 0.29) is 5.56 Å². The first-order valence-corrected chi connectivity index (χ1v) is 11.7. The summed E-state index contributed by atoms with van der Waals surface area (Å²) in [4.78, 5) is 18.0. The minimum Gasteiger partial charge on any atom is -0.278 e. The molecule has 0 saturated carbocycles. The van der Waals surface area contributed by atoms with Crippen LogP contribution in [0.25, 0.3) is 27.7 Å². The zero-order chi connectivity index (χ0) is 20.8. The lowest BCUT2D eigenvalue weighted by Crippen LogP contribution is -2.23. The molecule has 0 aliphatic heterocycles. The fourth-order valence-electron chi connectivity index (χ4n) is 4.48. The zero-order valence-electron chi connectivity index (χ0n) is 18.1. The van der Waals surface area contributed by atoms with Crippen molar-refractivity contribution in [2.24, 2.45) is 0 Å². The van der Waals surface area contributed by atoms with Crippen molar-refractivity contribution in [2.75, 3.05) is 0 Å². The Hall–Kier alpha value is -2.62. The lowest BCUT2D eigenvalue weighted by molar-refractivity contribution is 0.533. The van der Waals surface area contributed by atoms with Crippen LogP contribution in [0.2, 0.25) is 0 Å². The van der Waals surface area contributed by atoms with Gasteiger partial charge in [0.2, 0.25) is 5.78 Å². The Kier molecular flexibility index (Phi) is 6.83. The first kappa shape index (κ1) is 20.6. The summed E-state index contributed by atoms with van der Waals surface area (Å²) in [6, 6.07) is 16.0. The smallest absolute Gasteiger partial charge is 0.262 e. The van der Waals surface area contributed by atoms with Gasteiger partial charge in [-0.3, -0.25) is 13.8 Å². The number of rotatable bonds is 11. The quantitative estimate of drug-likeness (QED) is 0.261. The molecule has 30 heavy (non-hydrogen) atoms. The van der Waals surface area contributed by atoms with E-state index >= 15 is 0 Å². The number of para-hydroxylation sites is 3. The Morgan fingerprint density at radius 3 is 2.07 bits per heavy atom. The van der Waals surface area contributed by atoms with Crippen LogP contribution in [0.1, 0.15) is 71.1 Å². The second-order valence-electron chi connectivity index (χ2n) is 8.39. The second-order valence-corrected chi connectivity index (χ2v) is 8.39. The molecule has 4 nitrogen and oxygen atoms in total. The van der Waals surface area contributed by atoms with Crippen molar-refractivity contribution in [3.8, 4) is 0 Å². The molecule has 0 amide bonds. The van der Waals surface area contributed by atoms with Crippen LogP contribution in [-0.2, 0) is 6.54 Å². The molecule has 158 valence electrons. The Morgan fingerprint density at radius 2 is 1.33 bits per heavy atom. The first-order valence-electron chi connectivity index (χ1n) is 11.7. The Labute approximate surface area is 178 Å². The Balaban J connectivity index is 1.47. The van der Waals surface area contributed by atoms with Crippen LogP contribution in [0.15, 0.2) is 53.3 Å². The van der Waals surface area contributed by atoms with Gasteiger partial charge in [0.25, 0.3) is 5.56 Å². The van der Waals surface area contributed by atoms with Gasteiger partial charge in [0, 0.05) is 6.54 Å². The van der Waals surface area contributed by atoms with E-state index in [9.17, 15) is 4.79 Å². The number of hydrogen-bond acceptors (Lipinski definition) is 2. The largest absolute Gasteiger partial charge is 0.278 e. The van der Waals surface area contributed by atoms with Crippen molar-refractivity contribution in [3.05, 3.63) is 58.9 Å². The standard InChI is InChI=1S/C26H33N3O/c1-2-3-4-5-6-7-8-9-10-15-20-28-25(30)21-16-11-13-18-23(21)29-24-19-14-12-17-22(24)27-26(28)29/h11-14,16-19H,2-10,15,20H2,1H3. The molecule has 0 fully saturated rings. The second kappa shape index (κ2) is 9.92. The number of hydrogen-bond donors (Lipinski definition) is 0. The van der Waals surface area contributed by atoms with Gasteiger partial charge >= 0.3 is 0 Å². The molecular formula is C26H33N3O. The van der Waals surface area contributed by atoms with Gasteiger partial charge < -0.3 is 0 Å². The fourth-order valence-corrected chi connectivity index (χ4v) is 4.48. The molecule has 0 unspecified atom stereocenters. The molecule has 2 aromatic heterocycles. The fraction of sp³-hybridized carbons (Fsp3) is 0.462. The maximum atomic E-state index is 13.2. The van der Waals surface area contributed by atoms with Crippen LogP contribution in [-0.4, -0.2) is 14.0 Å². The molecule has 2 heterocycles. The molecule has 0 aliphatic carbocycles. The van der Waals surface area contributed by atoms with Crippen LogP contribution in [0.5, 0.6) is 0 Å². The van der Waals surface area contributed by atoms with Gasteiger partial charge in [-0.15, -0.1) is 0 Å². The predicted octanol–water partition coefficient (Wildman–Crippen LogP) is 6.72. The lowest BCUT2D eigenvalue weighted by atomic mass is 10.1. The van der Waals surface area contributed by atoms with E-state index in [1.54, 1.807) is 0 Å². The van der Waals surface area contributed by atoms with Crippen molar-refractivity contribution in [1.82, 2.24) is 14.0 Å². The maximum Gasteiger partial charge on any atom is 0.262 e. The van der Waals surface area contributed by atoms with E-state index in [0.717, 1.165) is 40.7 Å². The highest BCUT2D eigenvalue weighted by Crippen LogP contribution is 2.21. The normalized spacial score (nSPS) is 11.8. The molecule has 0 atom stereocenters. The van der Waals surface area contributed by atoms with Gasteiger partial charge in [-0.2, -0.15) is 0 Å². The third-order valence-corrected chi connectivity index (χ3v) is 6.14. The molecule has 2 aromatic carbocycles. The topological polar surface area (TPSA) is 39.3 Å². The minimum atomic E-state index is 0.0735. The van der Waals surface area contributed by atoms with Crippen molar-refractivity contribution < 1.29 is 0 Å². The highest BCUT2D eigenvalue weighted by molar-refractivity contribution is 5.89. The number of benzene rings is 2. The highest BCUT2D eigenvalue weighted by Gasteiger charge is 2.14. The Morgan fingerprint density at radius 1 is 0.733 bits per heavy atom. The predicted molar refractivity (Wildman–Crippen MR) is 126 cm³/mol. The van der Waals surface area contributed by atoms with Gasteiger partial charge in [0.15, 0.2) is 0 Å². The third-order valence-electron chi connectivity index (χ3n) is 6.14. The summed E-state index contributed by atoms with van der Waals surface area (Å²) in [5.74, 6) is 0.760. The van der Waals surface area contributed by atoms with Gasteiger partial charge in [-0.1, -0.05) is 89.0 Å². The summed E-state index contributed by atoms with van der Waals surface area (Å²) < 4.78 is 4.02.